The number of nitrogens with two attached hydrogens (primary N) is 2. The van der Waals surface area contributed by atoms with Crippen molar-refractivity contribution in [1.29, 1.82) is 0 Å². The molecular formula is C7H12N4O2S. The third-order valence-corrected chi connectivity index (χ3v) is 2.09. The Kier molecular flexibility index (Phi) is 3.26. The van der Waals surface area contributed by atoms with Crippen LogP contribution in [0, 0.1) is 4.77 Å². The summed E-state index contributed by atoms with van der Waals surface area (Å²) in [7, 11) is 1.54. The number of H-pyrrole nitrogens is 1. The van der Waals surface area contributed by atoms with Gasteiger partial charge in [0.15, 0.2) is 4.77 Å². The van der Waals surface area contributed by atoms with Gasteiger partial charge in [-0.3, -0.25) is 9.36 Å². The minimum absolute atomic E-state index is 0.0188. The number of nitrogens with zero attached hydrogens (tertiary/aromatic N) is 1. The second-order valence-corrected chi connectivity index (χ2v) is 3.09. The Labute approximate surface area is 85.5 Å². The summed E-state index contributed by atoms with van der Waals surface area (Å²) < 4.78 is 6.39. The Bertz CT molecular complexity index is 436. The van der Waals surface area contributed by atoms with Crippen LogP contribution in [-0.2, 0) is 11.3 Å². The molecule has 0 unspecified atom stereocenters. The monoisotopic (exact) mass is 216 g/mol. The molecule has 0 radical (unpaired) electrons. The first-order valence-corrected chi connectivity index (χ1v) is 4.35. The Morgan fingerprint density at radius 3 is 2.79 bits per heavy atom. The summed E-state index contributed by atoms with van der Waals surface area (Å²) in [5.41, 5.74) is 10.5. The van der Waals surface area contributed by atoms with E-state index in [9.17, 15) is 4.79 Å². The lowest BCUT2D eigenvalue weighted by Gasteiger charge is -2.07. The van der Waals surface area contributed by atoms with Crippen molar-refractivity contribution in [1.82, 2.24) is 9.55 Å². The van der Waals surface area contributed by atoms with E-state index in [4.69, 9.17) is 28.4 Å². The van der Waals surface area contributed by atoms with Crippen LogP contribution < -0.4 is 17.0 Å². The quantitative estimate of drug-likeness (QED) is 0.603. The predicted molar refractivity (Wildman–Crippen MR) is 56.6 cm³/mol. The number of ether oxygens (including phenoxy) is 1. The van der Waals surface area contributed by atoms with Gasteiger partial charge in [-0.1, -0.05) is 0 Å². The summed E-state index contributed by atoms with van der Waals surface area (Å²) in [5, 5.41) is 0. The molecule has 14 heavy (non-hydrogen) atoms. The Hall–Kier alpha value is -1.34. The summed E-state index contributed by atoms with van der Waals surface area (Å²) in [6.07, 6.45) is 0. The van der Waals surface area contributed by atoms with E-state index in [1.54, 1.807) is 7.11 Å². The van der Waals surface area contributed by atoms with Crippen molar-refractivity contribution in [3.05, 3.63) is 15.1 Å². The molecule has 0 fully saturated rings. The highest BCUT2D eigenvalue weighted by molar-refractivity contribution is 7.71. The minimum Gasteiger partial charge on any atom is -0.391 e. The zero-order chi connectivity index (χ0) is 10.7. The van der Waals surface area contributed by atoms with Crippen molar-refractivity contribution in [3.63, 3.8) is 0 Å². The number of hydrogen-bond acceptors (Lipinski definition) is 5. The maximum atomic E-state index is 11.5. The molecule has 1 rings (SSSR count). The van der Waals surface area contributed by atoms with Crippen molar-refractivity contribution >= 4 is 23.7 Å². The predicted octanol–water partition coefficient (Wildman–Crippen LogP) is -0.283. The van der Waals surface area contributed by atoms with E-state index in [0.29, 0.717) is 13.2 Å². The summed E-state index contributed by atoms with van der Waals surface area (Å²) in [4.78, 5) is 14.2. The van der Waals surface area contributed by atoms with Crippen LogP contribution in [0.5, 0.6) is 0 Å². The largest absolute Gasteiger partial charge is 0.391 e. The first-order valence-electron chi connectivity index (χ1n) is 3.95. The first-order chi connectivity index (χ1) is 6.57. The van der Waals surface area contributed by atoms with Crippen LogP contribution in [0.3, 0.4) is 0 Å². The van der Waals surface area contributed by atoms with Gasteiger partial charge in [-0.05, 0) is 12.2 Å². The van der Waals surface area contributed by atoms with Crippen molar-refractivity contribution in [3.8, 4) is 0 Å². The highest BCUT2D eigenvalue weighted by Crippen LogP contribution is 2.03. The zero-order valence-corrected chi connectivity index (χ0v) is 8.56. The van der Waals surface area contributed by atoms with Crippen LogP contribution in [-0.4, -0.2) is 23.3 Å². The van der Waals surface area contributed by atoms with Gasteiger partial charge in [-0.25, -0.2) is 0 Å². The van der Waals surface area contributed by atoms with E-state index < -0.39 is 0 Å². The lowest BCUT2D eigenvalue weighted by atomic mass is 10.4. The van der Waals surface area contributed by atoms with Gasteiger partial charge in [0.25, 0.3) is 5.56 Å². The topological polar surface area (TPSA) is 99.1 Å². The van der Waals surface area contributed by atoms with E-state index in [2.05, 4.69) is 4.98 Å². The average Bonchev–Trinajstić information content (AvgIpc) is 2.14. The molecule has 1 aromatic heterocycles. The van der Waals surface area contributed by atoms with E-state index >= 15 is 0 Å². The lowest BCUT2D eigenvalue weighted by Crippen LogP contribution is -2.27. The van der Waals surface area contributed by atoms with Crippen LogP contribution in [0.2, 0.25) is 0 Å². The third-order valence-electron chi connectivity index (χ3n) is 1.77. The number of methoxy groups -OCH3 is 1. The zero-order valence-electron chi connectivity index (χ0n) is 7.74. The van der Waals surface area contributed by atoms with E-state index in [1.165, 1.54) is 4.57 Å². The molecule has 0 spiro atoms. The molecular weight excluding hydrogens is 204 g/mol. The number of aromatic nitrogens is 2. The smallest absolute Gasteiger partial charge is 0.279 e. The van der Waals surface area contributed by atoms with Crippen molar-refractivity contribution in [2.24, 2.45) is 0 Å². The van der Waals surface area contributed by atoms with E-state index in [1.807, 2.05) is 0 Å². The molecule has 0 saturated heterocycles. The Morgan fingerprint density at radius 1 is 1.57 bits per heavy atom. The maximum absolute atomic E-state index is 11.5. The molecule has 0 atom stereocenters. The van der Waals surface area contributed by atoms with Gasteiger partial charge in [0.1, 0.15) is 11.5 Å². The minimum atomic E-state index is -0.386. The molecule has 0 aliphatic rings. The Morgan fingerprint density at radius 2 is 2.21 bits per heavy atom. The number of hydrogen-bond donors (Lipinski definition) is 3. The van der Waals surface area contributed by atoms with E-state index in [-0.39, 0.29) is 21.8 Å². The normalized spacial score (nSPS) is 10.4. The van der Waals surface area contributed by atoms with Crippen LogP contribution in [0.1, 0.15) is 0 Å². The van der Waals surface area contributed by atoms with Gasteiger partial charge in [0.2, 0.25) is 0 Å². The molecule has 0 bridgehead atoms. The second kappa shape index (κ2) is 4.25. The molecule has 1 heterocycles. The van der Waals surface area contributed by atoms with Crippen LogP contribution in [0.25, 0.3) is 0 Å². The van der Waals surface area contributed by atoms with Crippen molar-refractivity contribution in [2.45, 2.75) is 6.54 Å². The molecule has 7 heteroatoms. The van der Waals surface area contributed by atoms with E-state index in [0.717, 1.165) is 0 Å². The first kappa shape index (κ1) is 10.7. The highest BCUT2D eigenvalue weighted by atomic mass is 32.1. The van der Waals surface area contributed by atoms with Crippen LogP contribution in [0.4, 0.5) is 11.5 Å². The third kappa shape index (κ3) is 1.94. The number of aromatic amines is 1. The molecule has 0 aliphatic heterocycles. The van der Waals surface area contributed by atoms with Crippen LogP contribution >= 0.6 is 12.2 Å². The molecule has 6 nitrogen and oxygen atoms in total. The fourth-order valence-corrected chi connectivity index (χ4v) is 1.27. The summed E-state index contributed by atoms with van der Waals surface area (Å²) >= 11 is 4.92. The summed E-state index contributed by atoms with van der Waals surface area (Å²) in [6, 6.07) is 0. The number of anilines is 2. The molecule has 0 aliphatic carbocycles. The summed E-state index contributed by atoms with van der Waals surface area (Å²) in [5.74, 6) is 0.105. The standard InChI is InChI=1S/C7H12N4O2S/c1-13-3-2-11-6(12)4(8)5(9)10-7(11)14/h2-3,8-9H2,1H3,(H,10,14). The van der Waals surface area contributed by atoms with Gasteiger partial charge in [-0.2, -0.15) is 0 Å². The molecule has 1 aromatic rings. The number of nitrogen functional groups attached to an aromatic ring is 2. The van der Waals surface area contributed by atoms with Gasteiger partial charge >= 0.3 is 0 Å². The molecule has 0 saturated carbocycles. The summed E-state index contributed by atoms with van der Waals surface area (Å²) in [6.45, 7) is 0.746. The maximum Gasteiger partial charge on any atom is 0.279 e. The fraction of sp³-hybridized carbons (Fsp3) is 0.429. The number of nitrogens with one attached hydrogen (secondary N) is 1. The second-order valence-electron chi connectivity index (χ2n) is 2.71. The average molecular weight is 216 g/mol. The molecule has 5 N–H and O–H groups in total. The van der Waals surface area contributed by atoms with Gasteiger partial charge in [0, 0.05) is 7.11 Å². The lowest BCUT2D eigenvalue weighted by molar-refractivity contribution is 0.185. The van der Waals surface area contributed by atoms with Crippen molar-refractivity contribution in [2.75, 3.05) is 25.2 Å². The SMILES string of the molecule is COCCn1c(=S)[nH]c(N)c(N)c1=O. The molecule has 0 amide bonds. The van der Waals surface area contributed by atoms with Crippen molar-refractivity contribution < 1.29 is 4.74 Å². The van der Waals surface area contributed by atoms with Crippen LogP contribution in [0.15, 0.2) is 4.79 Å². The molecule has 78 valence electrons. The number of rotatable bonds is 3. The van der Waals surface area contributed by atoms with Gasteiger partial charge < -0.3 is 21.2 Å². The van der Waals surface area contributed by atoms with Gasteiger partial charge in [-0.15, -0.1) is 0 Å². The molecule has 0 aromatic carbocycles. The van der Waals surface area contributed by atoms with Gasteiger partial charge in [0.05, 0.1) is 13.2 Å². The Balaban J connectivity index is 3.23. The fourth-order valence-electron chi connectivity index (χ4n) is 0.989. The highest BCUT2D eigenvalue weighted by Gasteiger charge is 2.05.